The normalized spacial score (nSPS) is 12.2. The van der Waals surface area contributed by atoms with E-state index in [1.165, 1.54) is 0 Å². The van der Waals surface area contributed by atoms with E-state index in [4.69, 9.17) is 0 Å². The number of rotatable bonds is 9. The van der Waals surface area contributed by atoms with Gasteiger partial charge in [-0.15, -0.1) is 0 Å². The van der Waals surface area contributed by atoms with Crippen LogP contribution in [0.4, 0.5) is 23.4 Å². The molecular formula is C14H21F4N3O2. The van der Waals surface area contributed by atoms with Gasteiger partial charge in [0, 0.05) is 5.56 Å². The highest BCUT2D eigenvalue weighted by Crippen LogP contribution is 2.24. The molecule has 1 N–H and O–H groups in total. The molecule has 23 heavy (non-hydrogen) atoms. The first-order valence-corrected chi connectivity index (χ1v) is 7.30. The van der Waals surface area contributed by atoms with E-state index in [1.807, 2.05) is 13.8 Å². The van der Waals surface area contributed by atoms with Crippen molar-refractivity contribution in [3.8, 4) is 0 Å². The third-order valence-electron chi connectivity index (χ3n) is 3.37. The van der Waals surface area contributed by atoms with E-state index in [2.05, 4.69) is 15.2 Å². The Morgan fingerprint density at radius 1 is 1.39 bits per heavy atom. The summed E-state index contributed by atoms with van der Waals surface area (Å²) in [5, 5.41) is 6.72. The van der Waals surface area contributed by atoms with Crippen molar-refractivity contribution in [2.24, 2.45) is 0 Å². The summed E-state index contributed by atoms with van der Waals surface area (Å²) in [7, 11) is 0. The van der Waals surface area contributed by atoms with Gasteiger partial charge in [-0.05, 0) is 19.8 Å². The highest BCUT2D eigenvalue weighted by molar-refractivity contribution is 5.91. The largest absolute Gasteiger partial charge is 0.365 e. The first kappa shape index (κ1) is 19.4. The minimum atomic E-state index is -4.27. The molecule has 1 heterocycles. The fourth-order valence-electron chi connectivity index (χ4n) is 2.03. The lowest BCUT2D eigenvalue weighted by molar-refractivity contribution is -0.167. The number of anilines is 1. The average molecular weight is 339 g/mol. The molecular weight excluding hydrogens is 318 g/mol. The molecule has 0 aliphatic carbocycles. The number of ether oxygens (including phenoxy) is 1. The van der Waals surface area contributed by atoms with Gasteiger partial charge in [0.15, 0.2) is 0 Å². The van der Waals surface area contributed by atoms with Crippen LogP contribution in [0.3, 0.4) is 0 Å². The van der Waals surface area contributed by atoms with E-state index in [0.717, 1.165) is 12.8 Å². The summed E-state index contributed by atoms with van der Waals surface area (Å²) in [6.45, 7) is 3.45. The molecule has 0 bridgehead atoms. The second-order valence-electron chi connectivity index (χ2n) is 5.19. The van der Waals surface area contributed by atoms with Crippen molar-refractivity contribution >= 4 is 11.7 Å². The van der Waals surface area contributed by atoms with Gasteiger partial charge in [0.2, 0.25) is 0 Å². The van der Waals surface area contributed by atoms with Crippen LogP contribution in [0.15, 0.2) is 6.20 Å². The molecule has 132 valence electrons. The van der Waals surface area contributed by atoms with Crippen molar-refractivity contribution in [1.29, 1.82) is 0 Å². The molecule has 9 heteroatoms. The van der Waals surface area contributed by atoms with E-state index >= 15 is 0 Å². The molecule has 1 amide bonds. The number of carbonyl (C=O) groups excluding carboxylic acids is 1. The maximum absolute atomic E-state index is 12.7. The predicted molar refractivity (Wildman–Crippen MR) is 77.0 cm³/mol. The van der Waals surface area contributed by atoms with E-state index in [9.17, 15) is 22.4 Å². The van der Waals surface area contributed by atoms with Crippen molar-refractivity contribution in [2.75, 3.05) is 18.5 Å². The summed E-state index contributed by atoms with van der Waals surface area (Å²) >= 11 is 0. The third kappa shape index (κ3) is 5.19. The lowest BCUT2D eigenvalue weighted by Gasteiger charge is -2.18. The van der Waals surface area contributed by atoms with Crippen molar-refractivity contribution < 1.29 is 27.1 Å². The van der Waals surface area contributed by atoms with Gasteiger partial charge in [-0.1, -0.05) is 13.8 Å². The number of amides is 1. The highest BCUT2D eigenvalue weighted by atomic mass is 19.3. The molecule has 0 spiro atoms. The Bertz CT molecular complexity index is 516. The fraction of sp³-hybridized carbons (Fsp3) is 0.714. The zero-order valence-corrected chi connectivity index (χ0v) is 13.3. The van der Waals surface area contributed by atoms with Gasteiger partial charge in [-0.25, -0.2) is 13.5 Å². The summed E-state index contributed by atoms with van der Waals surface area (Å²) in [5.41, 5.74) is 0.711. The molecule has 0 atom stereocenters. The number of aromatic nitrogens is 2. The molecule has 0 saturated heterocycles. The van der Waals surface area contributed by atoms with Crippen molar-refractivity contribution in [2.45, 2.75) is 52.0 Å². The Kier molecular flexibility index (Phi) is 6.99. The monoisotopic (exact) mass is 339 g/mol. The zero-order chi connectivity index (χ0) is 17.6. The molecule has 1 aromatic heterocycles. The summed E-state index contributed by atoms with van der Waals surface area (Å²) in [6, 6.07) is 0.0862. The predicted octanol–water partition coefficient (Wildman–Crippen LogP) is 3.41. The first-order chi connectivity index (χ1) is 10.7. The van der Waals surface area contributed by atoms with Crippen molar-refractivity contribution in [3.05, 3.63) is 11.8 Å². The number of hydrogen-bond acceptors (Lipinski definition) is 3. The minimum absolute atomic E-state index is 0.0862. The Labute approximate surface area is 132 Å². The molecule has 0 aliphatic heterocycles. The molecule has 1 rings (SSSR count). The van der Waals surface area contributed by atoms with Crippen LogP contribution in [-0.2, 0) is 9.53 Å². The van der Waals surface area contributed by atoms with Gasteiger partial charge in [0.25, 0.3) is 5.91 Å². The highest BCUT2D eigenvalue weighted by Gasteiger charge is 2.41. The molecule has 0 aromatic carbocycles. The molecule has 0 aliphatic rings. The summed E-state index contributed by atoms with van der Waals surface area (Å²) in [4.78, 5) is 11.8. The topological polar surface area (TPSA) is 56.2 Å². The van der Waals surface area contributed by atoms with Gasteiger partial charge in [0.1, 0.15) is 19.0 Å². The third-order valence-corrected chi connectivity index (χ3v) is 3.37. The van der Waals surface area contributed by atoms with Crippen LogP contribution in [0.25, 0.3) is 0 Å². The van der Waals surface area contributed by atoms with Crippen LogP contribution in [0.2, 0.25) is 0 Å². The van der Waals surface area contributed by atoms with Crippen molar-refractivity contribution in [3.63, 3.8) is 0 Å². The number of nitrogens with zero attached hydrogens (tertiary/aromatic N) is 2. The molecule has 0 fully saturated rings. The van der Waals surface area contributed by atoms with Gasteiger partial charge < -0.3 is 10.1 Å². The van der Waals surface area contributed by atoms with Crippen LogP contribution >= 0.6 is 0 Å². The molecule has 0 radical (unpaired) electrons. The van der Waals surface area contributed by atoms with Crippen LogP contribution in [0, 0.1) is 6.92 Å². The van der Waals surface area contributed by atoms with E-state index in [-0.39, 0.29) is 6.04 Å². The number of carbonyl (C=O) groups is 1. The minimum Gasteiger partial charge on any atom is -0.365 e. The molecule has 5 nitrogen and oxygen atoms in total. The second-order valence-corrected chi connectivity index (χ2v) is 5.19. The Morgan fingerprint density at radius 2 is 2.00 bits per heavy atom. The SMILES string of the molecule is CCC(CC)n1ncc(C)c1NC(=O)COCC(F)(F)C(F)F. The van der Waals surface area contributed by atoms with Gasteiger partial charge in [-0.2, -0.15) is 13.9 Å². The quantitative estimate of drug-likeness (QED) is 0.702. The molecule has 0 saturated carbocycles. The number of halogens is 4. The van der Waals surface area contributed by atoms with Crippen LogP contribution in [-0.4, -0.2) is 41.2 Å². The smallest absolute Gasteiger partial charge is 0.330 e. The van der Waals surface area contributed by atoms with Gasteiger partial charge in [0.05, 0.1) is 12.2 Å². The number of aryl methyl sites for hydroxylation is 1. The molecule has 0 unspecified atom stereocenters. The maximum Gasteiger partial charge on any atom is 0.330 e. The number of hydrogen-bond donors (Lipinski definition) is 1. The zero-order valence-electron chi connectivity index (χ0n) is 13.3. The van der Waals surface area contributed by atoms with Crippen LogP contribution in [0.1, 0.15) is 38.3 Å². The molecule has 1 aromatic rings. The van der Waals surface area contributed by atoms with E-state index in [1.54, 1.807) is 17.8 Å². The van der Waals surface area contributed by atoms with Crippen LogP contribution in [0.5, 0.6) is 0 Å². The first-order valence-electron chi connectivity index (χ1n) is 7.30. The number of alkyl halides is 4. The van der Waals surface area contributed by atoms with E-state index in [0.29, 0.717) is 11.4 Å². The lowest BCUT2D eigenvalue weighted by Crippen LogP contribution is -2.34. The summed E-state index contributed by atoms with van der Waals surface area (Å²) in [6.07, 6.45) is -0.640. The van der Waals surface area contributed by atoms with E-state index < -0.39 is 31.5 Å². The Hall–Kier alpha value is -1.64. The van der Waals surface area contributed by atoms with Gasteiger partial charge in [-0.3, -0.25) is 4.79 Å². The van der Waals surface area contributed by atoms with Crippen LogP contribution < -0.4 is 5.32 Å². The summed E-state index contributed by atoms with van der Waals surface area (Å²) < 4.78 is 55.3. The van der Waals surface area contributed by atoms with Gasteiger partial charge >= 0.3 is 12.3 Å². The maximum atomic E-state index is 12.7. The van der Waals surface area contributed by atoms with Crippen molar-refractivity contribution in [1.82, 2.24) is 9.78 Å². The standard InChI is InChI=1S/C14H21F4N3O2/c1-4-10(5-2)21-12(9(3)6-19-21)20-11(22)7-23-8-14(17,18)13(15)16/h6,10,13H,4-5,7-8H2,1-3H3,(H,20,22). The Balaban J connectivity index is 2.63. The Morgan fingerprint density at radius 3 is 2.52 bits per heavy atom. The summed E-state index contributed by atoms with van der Waals surface area (Å²) in [5.74, 6) is -4.52. The average Bonchev–Trinajstić information content (AvgIpc) is 2.82. The second kappa shape index (κ2) is 8.28. The fourth-order valence-corrected chi connectivity index (χ4v) is 2.03. The number of nitrogens with one attached hydrogen (secondary N) is 1. The lowest BCUT2D eigenvalue weighted by atomic mass is 10.2.